The van der Waals surface area contributed by atoms with E-state index in [1.807, 2.05) is 12.3 Å². The summed E-state index contributed by atoms with van der Waals surface area (Å²) in [7, 11) is 0. The average molecular weight is 258 g/mol. The van der Waals surface area contributed by atoms with E-state index in [2.05, 4.69) is 48.0 Å². The van der Waals surface area contributed by atoms with Gasteiger partial charge in [0.15, 0.2) is 0 Å². The van der Waals surface area contributed by atoms with Crippen molar-refractivity contribution in [1.82, 2.24) is 9.88 Å². The molecule has 3 heteroatoms. The van der Waals surface area contributed by atoms with Crippen molar-refractivity contribution in [2.45, 2.75) is 32.9 Å². The van der Waals surface area contributed by atoms with Gasteiger partial charge >= 0.3 is 0 Å². The molecule has 0 aliphatic carbocycles. The van der Waals surface area contributed by atoms with Crippen LogP contribution in [0.3, 0.4) is 0 Å². The summed E-state index contributed by atoms with van der Waals surface area (Å²) in [5, 5.41) is 10.2. The maximum absolute atomic E-state index is 9.00. The van der Waals surface area contributed by atoms with E-state index in [-0.39, 0.29) is 6.61 Å². The fourth-order valence-corrected chi connectivity index (χ4v) is 2.31. The lowest BCUT2D eigenvalue weighted by Crippen LogP contribution is -2.31. The molecule has 0 atom stereocenters. The Labute approximate surface area is 114 Å². The first-order valence-corrected chi connectivity index (χ1v) is 6.90. The van der Waals surface area contributed by atoms with Gasteiger partial charge in [-0.2, -0.15) is 0 Å². The van der Waals surface area contributed by atoms with Gasteiger partial charge in [0.1, 0.15) is 0 Å². The summed E-state index contributed by atoms with van der Waals surface area (Å²) in [5.41, 5.74) is 2.34. The molecule has 0 aliphatic rings. The van der Waals surface area contributed by atoms with Crippen LogP contribution in [0, 0.1) is 0 Å². The second-order valence-corrected chi connectivity index (χ2v) is 5.13. The number of aliphatic hydroxyl groups excluding tert-OH is 1. The van der Waals surface area contributed by atoms with E-state index in [4.69, 9.17) is 5.11 Å². The van der Waals surface area contributed by atoms with Crippen molar-refractivity contribution in [3.05, 3.63) is 42.1 Å². The number of aromatic nitrogens is 1. The van der Waals surface area contributed by atoms with Crippen molar-refractivity contribution in [1.29, 1.82) is 0 Å². The molecule has 1 aromatic carbocycles. The van der Waals surface area contributed by atoms with Crippen LogP contribution in [0.25, 0.3) is 10.9 Å². The molecule has 19 heavy (non-hydrogen) atoms. The zero-order chi connectivity index (χ0) is 13.7. The number of hydrogen-bond acceptors (Lipinski definition) is 3. The molecule has 2 rings (SSSR count). The van der Waals surface area contributed by atoms with Gasteiger partial charge in [-0.25, -0.2) is 0 Å². The lowest BCUT2D eigenvalue weighted by molar-refractivity contribution is 0.185. The third kappa shape index (κ3) is 3.52. The van der Waals surface area contributed by atoms with Gasteiger partial charge in [0.2, 0.25) is 0 Å². The van der Waals surface area contributed by atoms with Crippen molar-refractivity contribution < 1.29 is 5.11 Å². The predicted octanol–water partition coefficient (Wildman–Crippen LogP) is 2.83. The van der Waals surface area contributed by atoms with Crippen LogP contribution in [0.5, 0.6) is 0 Å². The molecule has 0 bridgehead atoms. The van der Waals surface area contributed by atoms with E-state index in [0.29, 0.717) is 6.04 Å². The fourth-order valence-electron chi connectivity index (χ4n) is 2.31. The summed E-state index contributed by atoms with van der Waals surface area (Å²) in [4.78, 5) is 6.87. The maximum atomic E-state index is 9.00. The Morgan fingerprint density at radius 1 is 1.21 bits per heavy atom. The van der Waals surface area contributed by atoms with Gasteiger partial charge in [-0.1, -0.05) is 24.3 Å². The smallest absolute Gasteiger partial charge is 0.0746 e. The minimum absolute atomic E-state index is 0.247. The lowest BCUT2D eigenvalue weighted by atomic mass is 10.1. The molecule has 0 saturated heterocycles. The zero-order valence-corrected chi connectivity index (χ0v) is 11.7. The predicted molar refractivity (Wildman–Crippen MR) is 79.0 cm³/mol. The molecule has 3 nitrogen and oxygen atoms in total. The van der Waals surface area contributed by atoms with Gasteiger partial charge in [0.05, 0.1) is 5.52 Å². The Balaban J connectivity index is 2.23. The van der Waals surface area contributed by atoms with Crippen LogP contribution in [0.4, 0.5) is 0 Å². The molecule has 1 aromatic heterocycles. The van der Waals surface area contributed by atoms with Crippen molar-refractivity contribution in [3.63, 3.8) is 0 Å². The number of aliphatic hydroxyl groups is 1. The molecule has 0 aliphatic heterocycles. The van der Waals surface area contributed by atoms with Crippen LogP contribution in [0.15, 0.2) is 36.5 Å². The highest BCUT2D eigenvalue weighted by atomic mass is 16.3. The molecular formula is C16H22N2O. The molecule has 1 N–H and O–H groups in total. The van der Waals surface area contributed by atoms with Crippen LogP contribution in [0.1, 0.15) is 25.8 Å². The van der Waals surface area contributed by atoms with Crippen molar-refractivity contribution >= 4 is 10.9 Å². The van der Waals surface area contributed by atoms with E-state index in [1.165, 1.54) is 10.9 Å². The summed E-state index contributed by atoms with van der Waals surface area (Å²) in [6, 6.07) is 10.9. The highest BCUT2D eigenvalue weighted by Gasteiger charge is 2.11. The number of hydrogen-bond donors (Lipinski definition) is 1. The summed E-state index contributed by atoms with van der Waals surface area (Å²) in [5.74, 6) is 0. The molecular weight excluding hydrogens is 236 g/mol. The zero-order valence-electron chi connectivity index (χ0n) is 11.7. The molecule has 0 unspecified atom stereocenters. The minimum atomic E-state index is 0.247. The fraction of sp³-hybridized carbons (Fsp3) is 0.438. The Bertz CT molecular complexity index is 520. The molecule has 102 valence electrons. The average Bonchev–Trinajstić information content (AvgIpc) is 2.43. The van der Waals surface area contributed by atoms with Gasteiger partial charge in [0.25, 0.3) is 0 Å². The number of para-hydroxylation sites is 1. The summed E-state index contributed by atoms with van der Waals surface area (Å²) in [6.45, 7) is 6.42. The highest BCUT2D eigenvalue weighted by Crippen LogP contribution is 2.18. The first-order valence-electron chi connectivity index (χ1n) is 6.90. The standard InChI is InChI=1S/C16H22N2O/c1-13(2)18(10-5-11-19)12-15-7-3-6-14-8-4-9-17-16(14)15/h3-4,6-9,13,19H,5,10-12H2,1-2H3. The van der Waals surface area contributed by atoms with Crippen molar-refractivity contribution in [2.75, 3.05) is 13.2 Å². The number of benzene rings is 1. The summed E-state index contributed by atoms with van der Waals surface area (Å²) in [6.07, 6.45) is 2.66. The molecule has 0 amide bonds. The number of pyridine rings is 1. The van der Waals surface area contributed by atoms with Gasteiger partial charge in [-0.05, 0) is 31.9 Å². The van der Waals surface area contributed by atoms with Gasteiger partial charge in [-0.3, -0.25) is 9.88 Å². The van der Waals surface area contributed by atoms with Gasteiger partial charge < -0.3 is 5.11 Å². The van der Waals surface area contributed by atoms with E-state index < -0.39 is 0 Å². The molecule has 0 radical (unpaired) electrons. The molecule has 2 aromatic rings. The third-order valence-corrected chi connectivity index (χ3v) is 3.42. The van der Waals surface area contributed by atoms with Crippen LogP contribution < -0.4 is 0 Å². The normalized spacial score (nSPS) is 11.6. The van der Waals surface area contributed by atoms with Crippen molar-refractivity contribution in [3.8, 4) is 0 Å². The Kier molecular flexibility index (Phi) is 4.88. The summed E-state index contributed by atoms with van der Waals surface area (Å²) < 4.78 is 0. The minimum Gasteiger partial charge on any atom is -0.396 e. The first-order chi connectivity index (χ1) is 9.22. The van der Waals surface area contributed by atoms with E-state index in [9.17, 15) is 0 Å². The Morgan fingerprint density at radius 3 is 2.74 bits per heavy atom. The van der Waals surface area contributed by atoms with E-state index in [0.717, 1.165) is 25.0 Å². The monoisotopic (exact) mass is 258 g/mol. The number of rotatable bonds is 6. The largest absolute Gasteiger partial charge is 0.396 e. The number of fused-ring (bicyclic) bond motifs is 1. The molecule has 0 spiro atoms. The molecule has 0 fully saturated rings. The second-order valence-electron chi connectivity index (χ2n) is 5.13. The third-order valence-electron chi connectivity index (χ3n) is 3.42. The van der Waals surface area contributed by atoms with Crippen molar-refractivity contribution in [2.24, 2.45) is 0 Å². The number of nitrogens with zero attached hydrogens (tertiary/aromatic N) is 2. The maximum Gasteiger partial charge on any atom is 0.0746 e. The topological polar surface area (TPSA) is 36.4 Å². The van der Waals surface area contributed by atoms with E-state index >= 15 is 0 Å². The SMILES string of the molecule is CC(C)N(CCCO)Cc1cccc2cccnc12. The van der Waals surface area contributed by atoms with Crippen LogP contribution in [-0.2, 0) is 6.54 Å². The van der Waals surface area contributed by atoms with Gasteiger partial charge in [0, 0.05) is 37.3 Å². The van der Waals surface area contributed by atoms with Crippen LogP contribution in [0.2, 0.25) is 0 Å². The van der Waals surface area contributed by atoms with Crippen LogP contribution in [-0.4, -0.2) is 34.2 Å². The lowest BCUT2D eigenvalue weighted by Gasteiger charge is -2.26. The van der Waals surface area contributed by atoms with Crippen LogP contribution >= 0.6 is 0 Å². The second kappa shape index (κ2) is 6.64. The van der Waals surface area contributed by atoms with E-state index in [1.54, 1.807) is 0 Å². The Morgan fingerprint density at radius 2 is 2.00 bits per heavy atom. The first kappa shape index (κ1) is 14.0. The van der Waals surface area contributed by atoms with Gasteiger partial charge in [-0.15, -0.1) is 0 Å². The molecule has 1 heterocycles. The molecule has 0 saturated carbocycles. The Hall–Kier alpha value is -1.45. The quantitative estimate of drug-likeness (QED) is 0.865. The highest BCUT2D eigenvalue weighted by molar-refractivity contribution is 5.81. The summed E-state index contributed by atoms with van der Waals surface area (Å²) >= 11 is 0.